The molecule has 2 N–H and O–H groups in total. The maximum atomic E-state index is 14.4. The first kappa shape index (κ1) is 18.6. The molecule has 0 radical (unpaired) electrons. The van der Waals surface area contributed by atoms with Crippen LogP contribution in [0.2, 0.25) is 0 Å². The Kier molecular flexibility index (Phi) is 5.56. The number of hydrogen-bond donors (Lipinski definition) is 2. The van der Waals surface area contributed by atoms with Gasteiger partial charge in [0.2, 0.25) is 0 Å². The fourth-order valence-corrected chi connectivity index (χ4v) is 2.63. The number of rotatable bonds is 6. The topological polar surface area (TPSA) is 84.2 Å². The number of nitrogens with one attached hydrogen (secondary N) is 1. The summed E-state index contributed by atoms with van der Waals surface area (Å²) < 4.78 is 15.9. The summed E-state index contributed by atoms with van der Waals surface area (Å²) in [5.74, 6) is -2.23. The number of carboxylic acid groups (broad SMARTS) is 1. The highest BCUT2D eigenvalue weighted by molar-refractivity contribution is 5.96. The van der Waals surface area contributed by atoms with Gasteiger partial charge in [0.25, 0.3) is 5.91 Å². The van der Waals surface area contributed by atoms with Gasteiger partial charge < -0.3 is 10.4 Å². The lowest BCUT2D eigenvalue weighted by molar-refractivity contribution is -0.139. The summed E-state index contributed by atoms with van der Waals surface area (Å²) in [4.78, 5) is 23.5. The van der Waals surface area contributed by atoms with Gasteiger partial charge in [-0.15, -0.1) is 0 Å². The van der Waals surface area contributed by atoms with Crippen LogP contribution in [0, 0.1) is 25.6 Å². The average Bonchev–Trinajstić information content (AvgIpc) is 2.84. The molecular formula is C18H22FN3O3. The number of aromatic nitrogens is 2. The third-order valence-corrected chi connectivity index (χ3v) is 3.76. The summed E-state index contributed by atoms with van der Waals surface area (Å²) in [6.07, 6.45) is 0.299. The zero-order valence-electron chi connectivity index (χ0n) is 14.7. The first-order valence-electron chi connectivity index (χ1n) is 8.06. The zero-order valence-corrected chi connectivity index (χ0v) is 14.7. The summed E-state index contributed by atoms with van der Waals surface area (Å²) in [6, 6.07) is 4.82. The van der Waals surface area contributed by atoms with Crippen molar-refractivity contribution in [2.24, 2.45) is 5.92 Å². The predicted octanol–water partition coefficient (Wildman–Crippen LogP) is 2.86. The monoisotopic (exact) mass is 347 g/mol. The number of benzene rings is 1. The van der Waals surface area contributed by atoms with Crippen LogP contribution >= 0.6 is 0 Å². The van der Waals surface area contributed by atoms with Crippen LogP contribution in [-0.2, 0) is 4.79 Å². The second kappa shape index (κ2) is 7.46. The minimum atomic E-state index is -1.11. The minimum absolute atomic E-state index is 0.0674. The van der Waals surface area contributed by atoms with Crippen molar-refractivity contribution in [2.75, 3.05) is 0 Å². The molecule has 6 nitrogen and oxygen atoms in total. The normalized spacial score (nSPS) is 12.2. The molecule has 1 amide bonds. The van der Waals surface area contributed by atoms with Crippen LogP contribution in [-0.4, -0.2) is 32.8 Å². The molecule has 1 unspecified atom stereocenters. The maximum absolute atomic E-state index is 14.4. The lowest BCUT2D eigenvalue weighted by Crippen LogP contribution is -2.41. The van der Waals surface area contributed by atoms with Gasteiger partial charge in [0, 0.05) is 11.3 Å². The number of aryl methyl sites for hydroxylation is 2. The van der Waals surface area contributed by atoms with Crippen LogP contribution in [0.15, 0.2) is 24.3 Å². The largest absolute Gasteiger partial charge is 0.480 e. The summed E-state index contributed by atoms with van der Waals surface area (Å²) in [6.45, 7) is 7.35. The maximum Gasteiger partial charge on any atom is 0.326 e. The number of aliphatic carboxylic acids is 1. The van der Waals surface area contributed by atoms with Gasteiger partial charge in [0.15, 0.2) is 0 Å². The molecule has 1 aromatic carbocycles. The molecule has 134 valence electrons. The molecule has 2 rings (SSSR count). The van der Waals surface area contributed by atoms with E-state index in [0.717, 1.165) is 17.5 Å². The van der Waals surface area contributed by atoms with Crippen molar-refractivity contribution in [3.8, 4) is 5.69 Å². The summed E-state index contributed by atoms with van der Waals surface area (Å²) in [5.41, 5.74) is 1.84. The van der Waals surface area contributed by atoms with E-state index in [1.807, 2.05) is 33.8 Å². The van der Waals surface area contributed by atoms with Crippen molar-refractivity contribution < 1.29 is 19.1 Å². The van der Waals surface area contributed by atoms with Crippen molar-refractivity contribution in [1.29, 1.82) is 0 Å². The molecular weight excluding hydrogens is 325 g/mol. The third kappa shape index (κ3) is 4.43. The van der Waals surface area contributed by atoms with Crippen LogP contribution < -0.4 is 5.32 Å². The summed E-state index contributed by atoms with van der Waals surface area (Å²) >= 11 is 0. The Morgan fingerprint density at radius 1 is 1.28 bits per heavy atom. The number of hydrogen-bond acceptors (Lipinski definition) is 3. The van der Waals surface area contributed by atoms with E-state index < -0.39 is 23.7 Å². The highest BCUT2D eigenvalue weighted by Crippen LogP contribution is 2.18. The molecule has 0 saturated heterocycles. The number of nitrogens with zero attached hydrogens (tertiary/aromatic N) is 2. The van der Waals surface area contributed by atoms with E-state index in [1.54, 1.807) is 0 Å². The number of amides is 1. The number of halogens is 1. The number of carboxylic acids is 1. The summed E-state index contributed by atoms with van der Waals surface area (Å²) in [7, 11) is 0. The smallest absolute Gasteiger partial charge is 0.326 e. The predicted molar refractivity (Wildman–Crippen MR) is 91.3 cm³/mol. The van der Waals surface area contributed by atoms with Gasteiger partial charge in [0.1, 0.15) is 17.5 Å². The van der Waals surface area contributed by atoms with Crippen molar-refractivity contribution in [1.82, 2.24) is 15.1 Å². The zero-order chi connectivity index (χ0) is 18.7. The van der Waals surface area contributed by atoms with Gasteiger partial charge in [-0.1, -0.05) is 13.8 Å². The molecule has 25 heavy (non-hydrogen) atoms. The van der Waals surface area contributed by atoms with E-state index in [9.17, 15) is 19.1 Å². The number of carbonyl (C=O) groups excluding carboxylic acids is 1. The van der Waals surface area contributed by atoms with E-state index in [4.69, 9.17) is 0 Å². The molecule has 7 heteroatoms. The van der Waals surface area contributed by atoms with Gasteiger partial charge in [-0.3, -0.25) is 4.79 Å². The van der Waals surface area contributed by atoms with E-state index >= 15 is 0 Å². The molecule has 2 aromatic rings. The first-order chi connectivity index (χ1) is 11.7. The fraction of sp³-hybridized carbons (Fsp3) is 0.389. The second-order valence-corrected chi connectivity index (χ2v) is 6.50. The lowest BCUT2D eigenvalue weighted by atomic mass is 10.0. The lowest BCUT2D eigenvalue weighted by Gasteiger charge is -2.16. The minimum Gasteiger partial charge on any atom is -0.480 e. The number of carbonyl (C=O) groups is 2. The molecule has 0 fully saturated rings. The quantitative estimate of drug-likeness (QED) is 0.841. The Hall–Kier alpha value is -2.70. The Morgan fingerprint density at radius 2 is 1.96 bits per heavy atom. The van der Waals surface area contributed by atoms with E-state index in [-0.39, 0.29) is 17.2 Å². The molecule has 0 bridgehead atoms. The Balaban J connectivity index is 2.23. The Morgan fingerprint density at radius 3 is 2.44 bits per heavy atom. The highest BCUT2D eigenvalue weighted by Gasteiger charge is 2.22. The highest BCUT2D eigenvalue weighted by atomic mass is 19.1. The van der Waals surface area contributed by atoms with Crippen LogP contribution in [0.3, 0.4) is 0 Å². The van der Waals surface area contributed by atoms with E-state index in [0.29, 0.717) is 6.42 Å². The fourth-order valence-electron chi connectivity index (χ4n) is 2.63. The molecule has 1 heterocycles. The Labute approximate surface area is 145 Å². The van der Waals surface area contributed by atoms with Crippen LogP contribution in [0.4, 0.5) is 4.39 Å². The van der Waals surface area contributed by atoms with E-state index in [1.165, 1.54) is 16.8 Å². The van der Waals surface area contributed by atoms with Gasteiger partial charge in [-0.05, 0) is 50.5 Å². The third-order valence-electron chi connectivity index (χ3n) is 3.76. The van der Waals surface area contributed by atoms with Crippen LogP contribution in [0.25, 0.3) is 5.69 Å². The van der Waals surface area contributed by atoms with Gasteiger partial charge in [0.05, 0.1) is 5.69 Å². The van der Waals surface area contributed by atoms with Crippen molar-refractivity contribution >= 4 is 11.9 Å². The SMILES string of the molecule is Cc1cc(C)n(-c2ccc(C(=O)NC(CC(C)C)C(=O)O)cc2F)n1. The van der Waals surface area contributed by atoms with Gasteiger partial charge >= 0.3 is 5.97 Å². The van der Waals surface area contributed by atoms with E-state index in [2.05, 4.69) is 10.4 Å². The second-order valence-electron chi connectivity index (χ2n) is 6.50. The van der Waals surface area contributed by atoms with Crippen LogP contribution in [0.5, 0.6) is 0 Å². The molecule has 1 atom stereocenters. The molecule has 0 aliphatic heterocycles. The van der Waals surface area contributed by atoms with Crippen molar-refractivity contribution in [3.63, 3.8) is 0 Å². The van der Waals surface area contributed by atoms with Crippen molar-refractivity contribution in [3.05, 3.63) is 47.0 Å². The molecule has 0 aliphatic carbocycles. The van der Waals surface area contributed by atoms with Crippen molar-refractivity contribution in [2.45, 2.75) is 40.2 Å². The summed E-state index contributed by atoms with van der Waals surface area (Å²) in [5, 5.41) is 15.9. The standard InChI is InChI=1S/C18H22FN3O3/c1-10(2)7-15(18(24)25)20-17(23)13-5-6-16(14(19)9-13)22-12(4)8-11(3)21-22/h5-6,8-10,15H,7H2,1-4H3,(H,20,23)(H,24,25). The molecule has 0 aliphatic rings. The molecule has 1 aromatic heterocycles. The average molecular weight is 347 g/mol. The first-order valence-corrected chi connectivity index (χ1v) is 8.06. The molecule has 0 saturated carbocycles. The van der Waals surface area contributed by atoms with Gasteiger partial charge in [-0.2, -0.15) is 5.10 Å². The molecule has 0 spiro atoms. The van der Waals surface area contributed by atoms with Crippen LogP contribution in [0.1, 0.15) is 42.0 Å². The van der Waals surface area contributed by atoms with Gasteiger partial charge in [-0.25, -0.2) is 13.9 Å². The Bertz CT molecular complexity index is 799.